The summed E-state index contributed by atoms with van der Waals surface area (Å²) in [6, 6.07) is 14.5. The Balaban J connectivity index is 2.18. The Morgan fingerprint density at radius 2 is 1.89 bits per heavy atom. The molecule has 0 saturated heterocycles. The number of aliphatic carboxylic acids is 1. The molecule has 1 aromatic carbocycles. The minimum Gasteiger partial charge on any atom is -0.484 e. The lowest BCUT2D eigenvalue weighted by molar-refractivity contribution is -0.139. The molecule has 2 rings (SSSR count). The zero-order valence-electron chi connectivity index (χ0n) is 9.69. The number of ether oxygens (including phenoxy) is 1. The summed E-state index contributed by atoms with van der Waals surface area (Å²) in [7, 11) is 0. The number of para-hydroxylation sites is 1. The van der Waals surface area contributed by atoms with Crippen LogP contribution in [0.4, 0.5) is 0 Å². The highest BCUT2D eigenvalue weighted by Crippen LogP contribution is 2.23. The minimum atomic E-state index is -0.915. The quantitative estimate of drug-likeness (QED) is 0.877. The molecule has 0 aliphatic heterocycles. The van der Waals surface area contributed by atoms with E-state index in [4.69, 9.17) is 9.84 Å². The summed E-state index contributed by atoms with van der Waals surface area (Å²) < 4.78 is 5.67. The maximum Gasteiger partial charge on any atom is 0.307 e. The van der Waals surface area contributed by atoms with Crippen LogP contribution >= 0.6 is 0 Å². The first-order valence-corrected chi connectivity index (χ1v) is 5.60. The van der Waals surface area contributed by atoms with Gasteiger partial charge in [0.25, 0.3) is 0 Å². The zero-order valence-corrected chi connectivity index (χ0v) is 9.69. The Bertz CT molecular complexity index is 499. The van der Waals surface area contributed by atoms with Crippen molar-refractivity contribution in [3.05, 3.63) is 60.4 Å². The fourth-order valence-electron chi connectivity index (χ4n) is 1.59. The van der Waals surface area contributed by atoms with Crippen molar-refractivity contribution in [2.75, 3.05) is 0 Å². The Labute approximate surface area is 105 Å². The summed E-state index contributed by atoms with van der Waals surface area (Å²) in [6.45, 7) is 0. The maximum absolute atomic E-state index is 10.9. The SMILES string of the molecule is O=C(O)CC(Oc1ccccc1)c1ccccn1. The number of hydrogen-bond donors (Lipinski definition) is 1. The molecule has 1 aromatic heterocycles. The van der Waals surface area contributed by atoms with Crippen molar-refractivity contribution in [2.45, 2.75) is 12.5 Å². The highest BCUT2D eigenvalue weighted by atomic mass is 16.5. The first-order valence-electron chi connectivity index (χ1n) is 5.60. The average molecular weight is 243 g/mol. The van der Waals surface area contributed by atoms with Crippen LogP contribution in [-0.4, -0.2) is 16.1 Å². The van der Waals surface area contributed by atoms with Gasteiger partial charge >= 0.3 is 5.97 Å². The van der Waals surface area contributed by atoms with E-state index in [0.717, 1.165) is 0 Å². The fourth-order valence-corrected chi connectivity index (χ4v) is 1.59. The molecule has 1 unspecified atom stereocenters. The standard InChI is InChI=1S/C14H13NO3/c16-14(17)10-13(12-8-4-5-9-15-12)18-11-6-2-1-3-7-11/h1-9,13H,10H2,(H,16,17). The van der Waals surface area contributed by atoms with E-state index in [2.05, 4.69) is 4.98 Å². The number of aromatic nitrogens is 1. The Kier molecular flexibility index (Phi) is 3.91. The molecule has 0 bridgehead atoms. The molecule has 0 amide bonds. The van der Waals surface area contributed by atoms with Gasteiger partial charge in [-0.1, -0.05) is 24.3 Å². The van der Waals surface area contributed by atoms with Crippen LogP contribution in [0.15, 0.2) is 54.7 Å². The van der Waals surface area contributed by atoms with Crippen molar-refractivity contribution in [3.8, 4) is 5.75 Å². The molecule has 18 heavy (non-hydrogen) atoms. The van der Waals surface area contributed by atoms with E-state index < -0.39 is 12.1 Å². The highest BCUT2D eigenvalue weighted by Gasteiger charge is 2.18. The molecule has 4 heteroatoms. The second-order valence-electron chi connectivity index (χ2n) is 3.77. The topological polar surface area (TPSA) is 59.4 Å². The molecule has 0 fully saturated rings. The lowest BCUT2D eigenvalue weighted by atomic mass is 10.1. The number of pyridine rings is 1. The van der Waals surface area contributed by atoms with E-state index in [0.29, 0.717) is 11.4 Å². The number of nitrogens with zero attached hydrogens (tertiary/aromatic N) is 1. The molecule has 1 N–H and O–H groups in total. The van der Waals surface area contributed by atoms with Crippen LogP contribution in [-0.2, 0) is 4.79 Å². The minimum absolute atomic E-state index is 0.119. The summed E-state index contributed by atoms with van der Waals surface area (Å²) in [5, 5.41) is 8.92. The number of carboxylic acids is 1. The van der Waals surface area contributed by atoms with E-state index in [1.54, 1.807) is 30.5 Å². The van der Waals surface area contributed by atoms with Gasteiger partial charge in [0.1, 0.15) is 5.75 Å². The van der Waals surface area contributed by atoms with E-state index in [-0.39, 0.29) is 6.42 Å². The van der Waals surface area contributed by atoms with Crippen LogP contribution in [0.1, 0.15) is 18.2 Å². The van der Waals surface area contributed by atoms with Crippen LogP contribution in [0.3, 0.4) is 0 Å². The third kappa shape index (κ3) is 3.31. The van der Waals surface area contributed by atoms with Gasteiger partial charge in [0, 0.05) is 6.20 Å². The second kappa shape index (κ2) is 5.82. The van der Waals surface area contributed by atoms with Gasteiger partial charge in [0.15, 0.2) is 6.10 Å². The van der Waals surface area contributed by atoms with Gasteiger partial charge in [0.05, 0.1) is 12.1 Å². The molecule has 1 atom stereocenters. The Hall–Kier alpha value is -2.36. The smallest absolute Gasteiger partial charge is 0.307 e. The zero-order chi connectivity index (χ0) is 12.8. The molecule has 0 radical (unpaired) electrons. The van der Waals surface area contributed by atoms with Crippen LogP contribution < -0.4 is 4.74 Å². The first-order chi connectivity index (χ1) is 8.75. The molecule has 92 valence electrons. The van der Waals surface area contributed by atoms with E-state index in [1.807, 2.05) is 24.3 Å². The van der Waals surface area contributed by atoms with E-state index >= 15 is 0 Å². The predicted octanol–water partition coefficient (Wildman–Crippen LogP) is 2.68. The summed E-state index contributed by atoms with van der Waals surface area (Å²) in [4.78, 5) is 15.0. The molecular formula is C14H13NO3. The second-order valence-corrected chi connectivity index (χ2v) is 3.77. The van der Waals surface area contributed by atoms with E-state index in [9.17, 15) is 4.79 Å². The normalized spacial score (nSPS) is 11.8. The monoisotopic (exact) mass is 243 g/mol. The number of hydrogen-bond acceptors (Lipinski definition) is 3. The first kappa shape index (κ1) is 12.1. The van der Waals surface area contributed by atoms with Crippen LogP contribution in [0.2, 0.25) is 0 Å². The fraction of sp³-hybridized carbons (Fsp3) is 0.143. The molecule has 0 aliphatic rings. The van der Waals surface area contributed by atoms with Crippen LogP contribution in [0.5, 0.6) is 5.75 Å². The molecule has 0 saturated carbocycles. The summed E-state index contributed by atoms with van der Waals surface area (Å²) in [5.74, 6) is -0.281. The number of carbonyl (C=O) groups is 1. The average Bonchev–Trinajstić information content (AvgIpc) is 2.40. The largest absolute Gasteiger partial charge is 0.484 e. The summed E-state index contributed by atoms with van der Waals surface area (Å²) >= 11 is 0. The van der Waals surface area contributed by atoms with Crippen LogP contribution in [0, 0.1) is 0 Å². The number of rotatable bonds is 5. The highest BCUT2D eigenvalue weighted by molar-refractivity contribution is 5.67. The Morgan fingerprint density at radius 3 is 2.50 bits per heavy atom. The predicted molar refractivity (Wildman–Crippen MR) is 66.3 cm³/mol. The summed E-state index contributed by atoms with van der Waals surface area (Å²) in [5.41, 5.74) is 0.615. The third-order valence-electron chi connectivity index (χ3n) is 2.40. The van der Waals surface area contributed by atoms with Crippen molar-refractivity contribution in [2.24, 2.45) is 0 Å². The molecule has 2 aromatic rings. The third-order valence-corrected chi connectivity index (χ3v) is 2.40. The summed E-state index contributed by atoms with van der Waals surface area (Å²) in [6.07, 6.45) is 0.927. The molecule has 4 nitrogen and oxygen atoms in total. The van der Waals surface area contributed by atoms with Crippen molar-refractivity contribution in [3.63, 3.8) is 0 Å². The van der Waals surface area contributed by atoms with Gasteiger partial charge in [-0.15, -0.1) is 0 Å². The van der Waals surface area contributed by atoms with Gasteiger partial charge < -0.3 is 9.84 Å². The molecular weight excluding hydrogens is 230 g/mol. The van der Waals surface area contributed by atoms with E-state index in [1.165, 1.54) is 0 Å². The molecule has 0 spiro atoms. The number of carboxylic acid groups (broad SMARTS) is 1. The maximum atomic E-state index is 10.9. The molecule has 1 heterocycles. The van der Waals surface area contributed by atoms with Gasteiger partial charge in [-0.25, -0.2) is 0 Å². The van der Waals surface area contributed by atoms with Crippen molar-refractivity contribution in [1.82, 2.24) is 4.98 Å². The lowest BCUT2D eigenvalue weighted by Gasteiger charge is -2.16. The van der Waals surface area contributed by atoms with Crippen molar-refractivity contribution < 1.29 is 14.6 Å². The molecule has 0 aliphatic carbocycles. The van der Waals surface area contributed by atoms with Gasteiger partial charge in [-0.05, 0) is 24.3 Å². The Morgan fingerprint density at radius 1 is 1.17 bits per heavy atom. The van der Waals surface area contributed by atoms with Crippen molar-refractivity contribution in [1.29, 1.82) is 0 Å². The van der Waals surface area contributed by atoms with Crippen molar-refractivity contribution >= 4 is 5.97 Å². The lowest BCUT2D eigenvalue weighted by Crippen LogP contribution is -2.14. The van der Waals surface area contributed by atoms with Gasteiger partial charge in [-0.2, -0.15) is 0 Å². The van der Waals surface area contributed by atoms with Crippen LogP contribution in [0.25, 0.3) is 0 Å². The number of benzene rings is 1. The van der Waals surface area contributed by atoms with Gasteiger partial charge in [0.2, 0.25) is 0 Å². The van der Waals surface area contributed by atoms with Gasteiger partial charge in [-0.3, -0.25) is 9.78 Å².